The van der Waals surface area contributed by atoms with Crippen LogP contribution in [0.1, 0.15) is 21.8 Å². The molecule has 6 heteroatoms. The van der Waals surface area contributed by atoms with Gasteiger partial charge in [-0.15, -0.1) is 0 Å². The molecule has 106 valence electrons. The summed E-state index contributed by atoms with van der Waals surface area (Å²) in [7, 11) is 3.42. The Kier molecular flexibility index (Phi) is 3.93. The molecule has 20 heavy (non-hydrogen) atoms. The molecule has 0 aliphatic carbocycles. The molecule has 0 aliphatic heterocycles. The van der Waals surface area contributed by atoms with Gasteiger partial charge in [-0.3, -0.25) is 4.79 Å². The van der Waals surface area contributed by atoms with E-state index in [-0.39, 0.29) is 5.91 Å². The van der Waals surface area contributed by atoms with Gasteiger partial charge in [0.25, 0.3) is 5.91 Å². The van der Waals surface area contributed by atoms with E-state index in [0.717, 1.165) is 11.5 Å². The number of benzene rings is 1. The molecule has 1 amide bonds. The summed E-state index contributed by atoms with van der Waals surface area (Å²) in [6.07, 6.45) is 0. The highest BCUT2D eigenvalue weighted by Gasteiger charge is 2.10. The predicted octanol–water partition coefficient (Wildman–Crippen LogP) is 1.88. The van der Waals surface area contributed by atoms with Crippen LogP contribution in [0.15, 0.2) is 28.8 Å². The molecule has 1 heterocycles. The number of anilines is 2. The third kappa shape index (κ3) is 3.09. The Morgan fingerprint density at radius 1 is 1.40 bits per heavy atom. The Hall–Kier alpha value is -2.50. The van der Waals surface area contributed by atoms with Crippen molar-refractivity contribution in [3.8, 4) is 0 Å². The molecule has 0 radical (unpaired) electrons. The molecule has 0 saturated heterocycles. The summed E-state index contributed by atoms with van der Waals surface area (Å²) in [6, 6.07) is 7.01. The fraction of sp³-hybridized carbons (Fsp3) is 0.286. The van der Waals surface area contributed by atoms with Gasteiger partial charge >= 0.3 is 0 Å². The van der Waals surface area contributed by atoms with Crippen LogP contribution in [-0.2, 0) is 6.54 Å². The fourth-order valence-corrected chi connectivity index (χ4v) is 1.79. The van der Waals surface area contributed by atoms with E-state index in [1.165, 1.54) is 4.90 Å². The number of amides is 1. The smallest absolute Gasteiger partial charge is 0.253 e. The molecule has 3 N–H and O–H groups in total. The second-order valence-corrected chi connectivity index (χ2v) is 4.78. The van der Waals surface area contributed by atoms with Gasteiger partial charge in [0.1, 0.15) is 11.5 Å². The van der Waals surface area contributed by atoms with Gasteiger partial charge in [0.15, 0.2) is 0 Å². The lowest BCUT2D eigenvalue weighted by Gasteiger charge is -2.13. The third-order valence-corrected chi connectivity index (χ3v) is 2.84. The van der Waals surface area contributed by atoms with Gasteiger partial charge in [-0.05, 0) is 25.1 Å². The average molecular weight is 274 g/mol. The first-order valence-electron chi connectivity index (χ1n) is 6.24. The summed E-state index contributed by atoms with van der Waals surface area (Å²) in [5.74, 6) is 0.691. The first kappa shape index (κ1) is 13.9. The first-order valence-corrected chi connectivity index (χ1v) is 6.24. The maximum Gasteiger partial charge on any atom is 0.253 e. The number of aryl methyl sites for hydroxylation is 1. The fourth-order valence-electron chi connectivity index (χ4n) is 1.79. The molecule has 2 aromatic rings. The van der Waals surface area contributed by atoms with Crippen LogP contribution in [0.3, 0.4) is 0 Å². The van der Waals surface area contributed by atoms with Crippen molar-refractivity contribution in [2.75, 3.05) is 25.1 Å². The Labute approximate surface area is 117 Å². The zero-order chi connectivity index (χ0) is 14.7. The molecule has 0 fully saturated rings. The average Bonchev–Trinajstić information content (AvgIpc) is 2.82. The van der Waals surface area contributed by atoms with E-state index in [4.69, 9.17) is 10.3 Å². The molecule has 1 aromatic carbocycles. The van der Waals surface area contributed by atoms with E-state index in [2.05, 4.69) is 10.5 Å². The second-order valence-electron chi connectivity index (χ2n) is 4.78. The Morgan fingerprint density at radius 3 is 2.75 bits per heavy atom. The number of carbonyl (C=O) groups is 1. The number of hydrogen-bond donors (Lipinski definition) is 2. The number of nitrogens with one attached hydrogen (secondary N) is 1. The summed E-state index contributed by atoms with van der Waals surface area (Å²) in [5, 5.41) is 7.05. The third-order valence-electron chi connectivity index (χ3n) is 2.84. The molecule has 0 aliphatic rings. The highest BCUT2D eigenvalue weighted by atomic mass is 16.5. The monoisotopic (exact) mass is 274 g/mol. The van der Waals surface area contributed by atoms with Crippen molar-refractivity contribution >= 4 is 17.3 Å². The van der Waals surface area contributed by atoms with Gasteiger partial charge in [-0.1, -0.05) is 5.16 Å². The maximum atomic E-state index is 11.9. The van der Waals surface area contributed by atoms with Crippen molar-refractivity contribution in [1.29, 1.82) is 0 Å². The number of carbonyl (C=O) groups excluding carboxylic acids is 1. The molecule has 0 unspecified atom stereocenters. The van der Waals surface area contributed by atoms with Crippen molar-refractivity contribution in [3.63, 3.8) is 0 Å². The molecule has 0 saturated carbocycles. The van der Waals surface area contributed by atoms with Crippen LogP contribution in [0.5, 0.6) is 0 Å². The predicted molar refractivity (Wildman–Crippen MR) is 77.4 cm³/mol. The van der Waals surface area contributed by atoms with E-state index >= 15 is 0 Å². The van der Waals surface area contributed by atoms with Crippen LogP contribution < -0.4 is 11.1 Å². The first-order chi connectivity index (χ1) is 9.47. The Balaban J connectivity index is 2.14. The highest BCUT2D eigenvalue weighted by molar-refractivity contribution is 5.95. The van der Waals surface area contributed by atoms with Gasteiger partial charge < -0.3 is 20.5 Å². The minimum atomic E-state index is -0.0645. The lowest BCUT2D eigenvalue weighted by atomic mass is 10.1. The van der Waals surface area contributed by atoms with Gasteiger partial charge in [0.2, 0.25) is 0 Å². The summed E-state index contributed by atoms with van der Waals surface area (Å²) in [5.41, 5.74) is 8.56. The van der Waals surface area contributed by atoms with Crippen molar-refractivity contribution < 1.29 is 9.32 Å². The minimum Gasteiger partial charge on any atom is -0.397 e. The van der Waals surface area contributed by atoms with Crippen molar-refractivity contribution in [2.45, 2.75) is 13.5 Å². The van der Waals surface area contributed by atoms with E-state index in [1.807, 2.05) is 13.0 Å². The maximum absolute atomic E-state index is 11.9. The number of aromatic nitrogens is 1. The van der Waals surface area contributed by atoms with E-state index in [9.17, 15) is 4.79 Å². The van der Waals surface area contributed by atoms with Crippen molar-refractivity contribution in [1.82, 2.24) is 10.1 Å². The van der Waals surface area contributed by atoms with Gasteiger partial charge in [0.05, 0.1) is 17.9 Å². The van der Waals surface area contributed by atoms with Crippen LogP contribution in [0.25, 0.3) is 0 Å². The lowest BCUT2D eigenvalue weighted by molar-refractivity contribution is 0.0827. The number of nitrogens with zero attached hydrogens (tertiary/aromatic N) is 2. The summed E-state index contributed by atoms with van der Waals surface area (Å²) >= 11 is 0. The van der Waals surface area contributed by atoms with E-state index < -0.39 is 0 Å². The summed E-state index contributed by atoms with van der Waals surface area (Å²) < 4.78 is 4.99. The minimum absolute atomic E-state index is 0.0645. The molecule has 2 rings (SSSR count). The molecule has 0 spiro atoms. The van der Waals surface area contributed by atoms with Crippen LogP contribution in [0.4, 0.5) is 11.4 Å². The van der Waals surface area contributed by atoms with Crippen LogP contribution in [0, 0.1) is 6.92 Å². The normalized spacial score (nSPS) is 10.3. The zero-order valence-corrected chi connectivity index (χ0v) is 11.8. The molecule has 0 atom stereocenters. The number of hydrogen-bond acceptors (Lipinski definition) is 5. The van der Waals surface area contributed by atoms with Gasteiger partial charge in [-0.2, -0.15) is 0 Å². The van der Waals surface area contributed by atoms with E-state index in [1.54, 1.807) is 32.3 Å². The van der Waals surface area contributed by atoms with Gasteiger partial charge in [-0.25, -0.2) is 0 Å². The second kappa shape index (κ2) is 5.64. The van der Waals surface area contributed by atoms with Gasteiger partial charge in [0, 0.05) is 25.7 Å². The SMILES string of the molecule is Cc1cc(CNc2cc(C(=O)N(C)C)ccc2N)no1. The van der Waals surface area contributed by atoms with Crippen LogP contribution in [0.2, 0.25) is 0 Å². The summed E-state index contributed by atoms with van der Waals surface area (Å²) in [6.45, 7) is 2.32. The number of nitrogen functional groups attached to an aromatic ring is 1. The Morgan fingerprint density at radius 2 is 2.15 bits per heavy atom. The molecule has 0 bridgehead atoms. The van der Waals surface area contributed by atoms with Crippen LogP contribution in [-0.4, -0.2) is 30.1 Å². The largest absolute Gasteiger partial charge is 0.397 e. The molecular weight excluding hydrogens is 256 g/mol. The zero-order valence-electron chi connectivity index (χ0n) is 11.8. The summed E-state index contributed by atoms with van der Waals surface area (Å²) in [4.78, 5) is 13.4. The molecular formula is C14H18N4O2. The van der Waals surface area contributed by atoms with E-state index in [0.29, 0.717) is 23.5 Å². The van der Waals surface area contributed by atoms with Crippen molar-refractivity contribution in [3.05, 3.63) is 41.3 Å². The molecule has 6 nitrogen and oxygen atoms in total. The Bertz CT molecular complexity index is 619. The number of rotatable bonds is 4. The highest BCUT2D eigenvalue weighted by Crippen LogP contribution is 2.21. The lowest BCUT2D eigenvalue weighted by Crippen LogP contribution is -2.21. The van der Waals surface area contributed by atoms with Crippen molar-refractivity contribution in [2.24, 2.45) is 0 Å². The standard InChI is InChI=1S/C14H18N4O2/c1-9-6-11(17-20-9)8-16-13-7-10(4-5-12(13)15)14(19)18(2)3/h4-7,16H,8,15H2,1-3H3. The number of nitrogens with two attached hydrogens (primary N) is 1. The quantitative estimate of drug-likeness (QED) is 0.832. The molecule has 1 aromatic heterocycles. The topological polar surface area (TPSA) is 84.4 Å². The van der Waals surface area contributed by atoms with Crippen LogP contribution >= 0.6 is 0 Å².